The molecule has 0 aromatic carbocycles. The van der Waals surface area contributed by atoms with Gasteiger partial charge in [0.2, 0.25) is 0 Å². The van der Waals surface area contributed by atoms with Gasteiger partial charge in [-0.1, -0.05) is 13.8 Å². The molecule has 1 aliphatic rings. The summed E-state index contributed by atoms with van der Waals surface area (Å²) in [4.78, 5) is 17.7. The van der Waals surface area contributed by atoms with Crippen LogP contribution in [0.15, 0.2) is 13.5 Å². The molecule has 0 spiro atoms. The summed E-state index contributed by atoms with van der Waals surface area (Å²) in [5, 5.41) is 0. The zero-order chi connectivity index (χ0) is 14.0. The second kappa shape index (κ2) is 6.45. The maximum Gasteiger partial charge on any atom is 0.299 e. The van der Waals surface area contributed by atoms with Crippen molar-refractivity contribution in [3.63, 3.8) is 0 Å². The summed E-state index contributed by atoms with van der Waals surface area (Å²) in [6.45, 7) is 5.25. The number of hydrogen-bond donors (Lipinski definition) is 1. The number of hydrogen-bond acceptors (Lipinski definition) is 3. The number of ether oxygens (including phenoxy) is 1. The SMILES string of the molecule is CCCOc1nc2c(c(=O)n1CCC)[SH]C(Br)=C2Br. The Hall–Kier alpha value is -0.270. The Morgan fingerprint density at radius 3 is 2.68 bits per heavy atom. The molecule has 1 aliphatic heterocycles. The van der Waals surface area contributed by atoms with E-state index in [1.165, 1.54) is 0 Å². The van der Waals surface area contributed by atoms with Crippen LogP contribution in [0.2, 0.25) is 0 Å². The maximum absolute atomic E-state index is 12.5. The molecule has 7 heteroatoms. The molecule has 0 saturated heterocycles. The third-order valence-electron chi connectivity index (χ3n) is 2.59. The second-order valence-corrected chi connectivity index (χ2v) is 7.43. The van der Waals surface area contributed by atoms with Crippen molar-refractivity contribution >= 4 is 48.1 Å². The van der Waals surface area contributed by atoms with Crippen LogP contribution in [0.25, 0.3) is 4.48 Å². The fourth-order valence-corrected chi connectivity index (χ4v) is 4.06. The van der Waals surface area contributed by atoms with Crippen LogP contribution < -0.4 is 10.3 Å². The number of fused-ring (bicyclic) bond motifs is 1. The van der Waals surface area contributed by atoms with Gasteiger partial charge in [-0.25, -0.2) is 0 Å². The van der Waals surface area contributed by atoms with Gasteiger partial charge < -0.3 is 4.74 Å². The summed E-state index contributed by atoms with van der Waals surface area (Å²) < 4.78 is 9.02. The van der Waals surface area contributed by atoms with Gasteiger partial charge >= 0.3 is 0 Å². The molecule has 1 aromatic heterocycles. The zero-order valence-corrected chi connectivity index (χ0v) is 14.8. The lowest BCUT2D eigenvalue weighted by molar-refractivity contribution is 0.269. The summed E-state index contributed by atoms with van der Waals surface area (Å²) in [6, 6.07) is 0.418. The predicted molar refractivity (Wildman–Crippen MR) is 86.6 cm³/mol. The van der Waals surface area contributed by atoms with E-state index in [-0.39, 0.29) is 5.56 Å². The Kier molecular flexibility index (Phi) is 5.14. The first-order valence-electron chi connectivity index (χ1n) is 6.15. The highest BCUT2D eigenvalue weighted by Gasteiger charge is 2.26. The quantitative estimate of drug-likeness (QED) is 0.752. The van der Waals surface area contributed by atoms with Gasteiger partial charge in [0.1, 0.15) is 5.69 Å². The minimum absolute atomic E-state index is 0.00832. The highest BCUT2D eigenvalue weighted by Crippen LogP contribution is 2.47. The van der Waals surface area contributed by atoms with Crippen LogP contribution in [-0.4, -0.2) is 16.2 Å². The third kappa shape index (κ3) is 2.92. The zero-order valence-electron chi connectivity index (χ0n) is 10.7. The van der Waals surface area contributed by atoms with Crippen LogP contribution in [0, 0.1) is 0 Å². The van der Waals surface area contributed by atoms with Crippen molar-refractivity contribution in [1.82, 2.24) is 9.55 Å². The molecule has 0 aliphatic carbocycles. The summed E-state index contributed by atoms with van der Waals surface area (Å²) in [7, 11) is 0. The molecule has 0 saturated carbocycles. The first kappa shape index (κ1) is 15.1. The van der Waals surface area contributed by atoms with E-state index in [0.29, 0.717) is 29.8 Å². The van der Waals surface area contributed by atoms with E-state index in [4.69, 9.17) is 4.74 Å². The topological polar surface area (TPSA) is 44.1 Å². The molecule has 0 bridgehead atoms. The van der Waals surface area contributed by atoms with Gasteiger partial charge in [0.25, 0.3) is 11.6 Å². The molecule has 2 heterocycles. The molecule has 1 radical (unpaired) electrons. The van der Waals surface area contributed by atoms with Crippen molar-refractivity contribution in [3.05, 3.63) is 19.9 Å². The number of nitrogens with zero attached hydrogens (tertiary/aromatic N) is 2. The van der Waals surface area contributed by atoms with Gasteiger partial charge in [-0.15, -0.1) is 11.8 Å². The van der Waals surface area contributed by atoms with Crippen molar-refractivity contribution in [1.29, 1.82) is 0 Å². The summed E-state index contributed by atoms with van der Waals surface area (Å²) in [5.74, 6) is 0. The number of aromatic nitrogens is 2. The molecule has 0 N–H and O–H groups in total. The lowest BCUT2D eigenvalue weighted by atomic mass is 10.4. The second-order valence-electron chi connectivity index (χ2n) is 4.11. The van der Waals surface area contributed by atoms with E-state index in [9.17, 15) is 4.79 Å². The van der Waals surface area contributed by atoms with E-state index >= 15 is 0 Å². The molecule has 19 heavy (non-hydrogen) atoms. The molecule has 0 fully saturated rings. The van der Waals surface area contributed by atoms with Crippen molar-refractivity contribution in [3.8, 4) is 6.01 Å². The van der Waals surface area contributed by atoms with Crippen LogP contribution in [0.5, 0.6) is 6.01 Å². The van der Waals surface area contributed by atoms with E-state index < -0.39 is 0 Å². The monoisotopic (exact) mass is 409 g/mol. The molecule has 4 nitrogen and oxygen atoms in total. The van der Waals surface area contributed by atoms with Crippen molar-refractivity contribution in [2.45, 2.75) is 38.1 Å². The fraction of sp³-hybridized carbons (Fsp3) is 0.500. The average Bonchev–Trinajstić information content (AvgIpc) is 2.68. The van der Waals surface area contributed by atoms with Gasteiger partial charge in [0.05, 0.1) is 19.8 Å². The summed E-state index contributed by atoms with van der Waals surface area (Å²) in [6.07, 6.45) is 1.76. The van der Waals surface area contributed by atoms with Crippen molar-refractivity contribution in [2.75, 3.05) is 6.61 Å². The van der Waals surface area contributed by atoms with E-state index in [0.717, 1.165) is 32.9 Å². The highest BCUT2D eigenvalue weighted by molar-refractivity contribution is 9.17. The molecule has 0 atom stereocenters. The highest BCUT2D eigenvalue weighted by atomic mass is 79.9. The minimum atomic E-state index is -0.00832. The molecular weight excluding hydrogens is 396 g/mol. The standard InChI is InChI=1S/C12H15Br2N2O2S/c1-3-5-16-11(17)9-8(7(13)10(14)19-9)15-12(16)18-6-4-2/h19H,3-6H2,1-2H3. The molecule has 2 rings (SSSR count). The van der Waals surface area contributed by atoms with Crippen LogP contribution in [-0.2, 0) is 6.54 Å². The Bertz CT molecular complexity index is 584. The Labute approximate surface area is 132 Å². The molecule has 105 valence electrons. The van der Waals surface area contributed by atoms with Gasteiger partial charge in [0, 0.05) is 6.54 Å². The van der Waals surface area contributed by atoms with Gasteiger partial charge in [-0.2, -0.15) is 4.98 Å². The van der Waals surface area contributed by atoms with Crippen LogP contribution in [0.1, 0.15) is 32.4 Å². The number of thiol groups is 1. The molecule has 0 amide bonds. The molecule has 0 unspecified atom stereocenters. The summed E-state index contributed by atoms with van der Waals surface area (Å²) in [5.41, 5.74) is 0.683. The van der Waals surface area contributed by atoms with Crippen LogP contribution >= 0.6 is 43.6 Å². The lowest BCUT2D eigenvalue weighted by Gasteiger charge is -2.13. The Morgan fingerprint density at radius 1 is 1.32 bits per heavy atom. The van der Waals surface area contributed by atoms with E-state index in [1.807, 2.05) is 13.8 Å². The maximum atomic E-state index is 12.5. The predicted octanol–water partition coefficient (Wildman–Crippen LogP) is 3.70. The van der Waals surface area contributed by atoms with Crippen molar-refractivity contribution in [2.24, 2.45) is 0 Å². The number of halogens is 2. The summed E-state index contributed by atoms with van der Waals surface area (Å²) >= 11 is 7.78. The van der Waals surface area contributed by atoms with E-state index in [1.54, 1.807) is 4.57 Å². The Balaban J connectivity index is 2.53. The fourth-order valence-electron chi connectivity index (χ4n) is 1.75. The van der Waals surface area contributed by atoms with Crippen LogP contribution in [0.4, 0.5) is 0 Å². The first-order valence-corrected chi connectivity index (χ1v) is 8.63. The Morgan fingerprint density at radius 2 is 2.05 bits per heavy atom. The van der Waals surface area contributed by atoms with Crippen LogP contribution in [0.3, 0.4) is 0 Å². The smallest absolute Gasteiger partial charge is 0.299 e. The van der Waals surface area contributed by atoms with Gasteiger partial charge in [0.15, 0.2) is 0 Å². The van der Waals surface area contributed by atoms with Gasteiger partial charge in [-0.05, 0) is 44.7 Å². The normalized spacial score (nSPS) is 13.9. The molecule has 1 aromatic rings. The minimum Gasteiger partial charge on any atom is -0.465 e. The van der Waals surface area contributed by atoms with Crippen molar-refractivity contribution < 1.29 is 4.74 Å². The first-order chi connectivity index (χ1) is 9.10. The molecular formula is C12H15Br2N2O2S. The van der Waals surface area contributed by atoms with E-state index in [2.05, 4.69) is 36.8 Å². The third-order valence-corrected chi connectivity index (χ3v) is 6.18. The average molecular weight is 411 g/mol. The lowest BCUT2D eigenvalue weighted by Crippen LogP contribution is -2.25. The van der Waals surface area contributed by atoms with Gasteiger partial charge in [-0.3, -0.25) is 9.36 Å². The number of rotatable bonds is 5. The largest absolute Gasteiger partial charge is 0.465 e.